The molecule has 0 radical (unpaired) electrons. The second kappa shape index (κ2) is 7.04. The van der Waals surface area contributed by atoms with E-state index >= 15 is 0 Å². The Balaban J connectivity index is 2.41. The summed E-state index contributed by atoms with van der Waals surface area (Å²) in [4.78, 5) is 0.106. The minimum Gasteiger partial charge on any atom is -0.497 e. The summed E-state index contributed by atoms with van der Waals surface area (Å²) in [7, 11) is 3.33. The summed E-state index contributed by atoms with van der Waals surface area (Å²) in [5.41, 5.74) is 2.35. The third kappa shape index (κ3) is 3.20. The average molecular weight is 409 g/mol. The molecule has 3 rings (SSSR count). The molecule has 1 aliphatic heterocycles. The first-order valence-corrected chi connectivity index (χ1v) is 9.47. The lowest BCUT2D eigenvalue weighted by Crippen LogP contribution is -2.25. The average Bonchev–Trinajstić information content (AvgIpc) is 2.57. The van der Waals surface area contributed by atoms with Gasteiger partial charge in [-0.3, -0.25) is 0 Å². The Morgan fingerprint density at radius 2 is 1.76 bits per heavy atom. The zero-order chi connectivity index (χ0) is 18.3. The number of rotatable bonds is 4. The largest absolute Gasteiger partial charge is 0.497 e. The summed E-state index contributed by atoms with van der Waals surface area (Å²) in [5, 5.41) is 2.01. The predicted molar refractivity (Wildman–Crippen MR) is 103 cm³/mol. The molecule has 0 aromatic heterocycles. The van der Waals surface area contributed by atoms with E-state index < -0.39 is 0 Å². The van der Waals surface area contributed by atoms with Crippen LogP contribution in [0, 0.1) is 0 Å². The predicted octanol–water partition coefficient (Wildman–Crippen LogP) is 5.56. The Labute approximate surface area is 157 Å². The monoisotopic (exact) mass is 408 g/mol. The van der Waals surface area contributed by atoms with Gasteiger partial charge in [-0.15, -0.1) is 0 Å². The molecule has 0 fully saturated rings. The zero-order valence-electron chi connectivity index (χ0n) is 15.6. The lowest BCUT2D eigenvalue weighted by molar-refractivity contribution is -0.00453. The zero-order valence-corrected chi connectivity index (χ0v) is 17.1. The van der Waals surface area contributed by atoms with E-state index in [2.05, 4.69) is 35.8 Å². The van der Waals surface area contributed by atoms with Crippen molar-refractivity contribution in [3.8, 4) is 17.2 Å². The maximum atomic E-state index is 6.15. The summed E-state index contributed by atoms with van der Waals surface area (Å²) >= 11 is 3.79. The molecule has 0 unspecified atom stereocenters. The molecule has 1 aliphatic rings. The quantitative estimate of drug-likeness (QED) is 0.620. The van der Waals surface area contributed by atoms with Crippen molar-refractivity contribution in [2.24, 2.45) is 0 Å². The van der Waals surface area contributed by atoms with E-state index in [0.29, 0.717) is 0 Å². The molecule has 2 aromatic carbocycles. The van der Waals surface area contributed by atoms with Crippen LogP contribution in [0.25, 0.3) is 10.8 Å². The molecule has 0 bridgehead atoms. The number of halogens is 1. The lowest BCUT2D eigenvalue weighted by Gasteiger charge is -2.34. The van der Waals surface area contributed by atoms with Crippen molar-refractivity contribution in [1.82, 2.24) is 0 Å². The molecule has 0 spiro atoms. The van der Waals surface area contributed by atoms with Crippen LogP contribution in [0.3, 0.4) is 0 Å². The van der Waals surface area contributed by atoms with Gasteiger partial charge in [0.05, 0.1) is 42.7 Å². The second-order valence-electron chi connectivity index (χ2n) is 6.68. The molecule has 0 aliphatic carbocycles. The Morgan fingerprint density at radius 1 is 1.04 bits per heavy atom. The molecule has 136 valence electrons. The van der Waals surface area contributed by atoms with Gasteiger partial charge in [-0.2, -0.15) is 0 Å². The van der Waals surface area contributed by atoms with E-state index in [0.717, 1.165) is 33.6 Å². The molecule has 25 heavy (non-hydrogen) atoms. The maximum Gasteiger partial charge on any atom is 0.134 e. The van der Waals surface area contributed by atoms with Crippen LogP contribution < -0.4 is 14.2 Å². The Bertz CT molecular complexity index is 787. The van der Waals surface area contributed by atoms with Gasteiger partial charge in [0.2, 0.25) is 0 Å². The summed E-state index contributed by atoms with van der Waals surface area (Å²) in [6.45, 7) is 8.23. The van der Waals surface area contributed by atoms with Gasteiger partial charge in [0.15, 0.2) is 0 Å². The molecule has 4 nitrogen and oxygen atoms in total. The van der Waals surface area contributed by atoms with E-state index in [4.69, 9.17) is 18.9 Å². The minimum absolute atomic E-state index is 0.0220. The molecule has 5 heteroatoms. The van der Waals surface area contributed by atoms with Crippen LogP contribution in [-0.4, -0.2) is 26.4 Å². The van der Waals surface area contributed by atoms with E-state index in [1.165, 1.54) is 5.56 Å². The highest BCUT2D eigenvalue weighted by atomic mass is 79.9. The van der Waals surface area contributed by atoms with Crippen LogP contribution in [0.1, 0.15) is 49.8 Å². The number of ether oxygens (including phenoxy) is 4. The topological polar surface area (TPSA) is 36.9 Å². The van der Waals surface area contributed by atoms with Gasteiger partial charge in [0.25, 0.3) is 0 Å². The van der Waals surface area contributed by atoms with E-state index in [-0.39, 0.29) is 23.1 Å². The first kappa shape index (κ1) is 18.3. The van der Waals surface area contributed by atoms with Crippen molar-refractivity contribution in [1.29, 1.82) is 0 Å². The van der Waals surface area contributed by atoms with Crippen LogP contribution in [0.5, 0.6) is 17.2 Å². The van der Waals surface area contributed by atoms with Gasteiger partial charge in [-0.05, 0) is 56.3 Å². The molecule has 1 heterocycles. The molecular weight excluding hydrogens is 384 g/mol. The van der Waals surface area contributed by atoms with Crippen molar-refractivity contribution in [2.75, 3.05) is 14.2 Å². The Hall–Kier alpha value is -1.46. The summed E-state index contributed by atoms with van der Waals surface area (Å²) in [6, 6.07) is 6.06. The first-order valence-electron chi connectivity index (χ1n) is 8.56. The van der Waals surface area contributed by atoms with Crippen molar-refractivity contribution in [3.05, 3.63) is 29.3 Å². The highest BCUT2D eigenvalue weighted by molar-refractivity contribution is 9.09. The van der Waals surface area contributed by atoms with Crippen molar-refractivity contribution >= 4 is 26.7 Å². The number of alkyl halides is 1. The molecule has 3 atom stereocenters. The number of hydrogen-bond donors (Lipinski definition) is 0. The molecule has 2 aromatic rings. The minimum atomic E-state index is -0.0220. The number of fused-ring (bicyclic) bond motifs is 3. The maximum absolute atomic E-state index is 6.15. The Kier molecular flexibility index (Phi) is 5.16. The first-order chi connectivity index (χ1) is 11.9. The number of benzene rings is 2. The Morgan fingerprint density at radius 3 is 2.36 bits per heavy atom. The number of methoxy groups -OCH3 is 2. The number of hydrogen-bond acceptors (Lipinski definition) is 4. The van der Waals surface area contributed by atoms with E-state index in [9.17, 15) is 0 Å². The highest BCUT2D eigenvalue weighted by Gasteiger charge is 2.33. The van der Waals surface area contributed by atoms with Crippen LogP contribution in [0.15, 0.2) is 18.2 Å². The lowest BCUT2D eigenvalue weighted by atomic mass is 9.89. The van der Waals surface area contributed by atoms with E-state index in [1.807, 2.05) is 26.0 Å². The molecule has 0 saturated carbocycles. The fourth-order valence-electron chi connectivity index (χ4n) is 3.52. The van der Waals surface area contributed by atoms with Gasteiger partial charge >= 0.3 is 0 Å². The molecule has 0 saturated heterocycles. The summed E-state index contributed by atoms with van der Waals surface area (Å²) in [6.07, 6.45) is 0.127. The van der Waals surface area contributed by atoms with Crippen LogP contribution in [0.2, 0.25) is 0 Å². The van der Waals surface area contributed by atoms with Crippen LogP contribution in [0.4, 0.5) is 0 Å². The summed E-state index contributed by atoms with van der Waals surface area (Å²) in [5.74, 6) is 2.32. The van der Waals surface area contributed by atoms with Gasteiger partial charge in [-0.1, -0.05) is 15.9 Å². The fourth-order valence-corrected chi connectivity index (χ4v) is 4.03. The SMILES string of the molecule is COc1cc(OC)c2c(OC(C)C)cc3c(c2c1)[C@H](C)O[C@@H](C)[C@H]3Br. The fraction of sp³-hybridized carbons (Fsp3) is 0.500. The van der Waals surface area contributed by atoms with Gasteiger partial charge in [-0.25, -0.2) is 0 Å². The van der Waals surface area contributed by atoms with Gasteiger partial charge in [0, 0.05) is 6.07 Å². The van der Waals surface area contributed by atoms with Crippen molar-refractivity contribution < 1.29 is 18.9 Å². The highest BCUT2D eigenvalue weighted by Crippen LogP contribution is 2.50. The van der Waals surface area contributed by atoms with Gasteiger partial charge in [0.1, 0.15) is 17.2 Å². The summed E-state index contributed by atoms with van der Waals surface area (Å²) < 4.78 is 23.4. The third-order valence-corrected chi connectivity index (χ3v) is 5.80. The van der Waals surface area contributed by atoms with Crippen LogP contribution >= 0.6 is 15.9 Å². The normalized spacial score (nSPS) is 22.8. The molecule has 0 N–H and O–H groups in total. The third-order valence-electron chi connectivity index (χ3n) is 4.56. The molecular formula is C20H25BrO4. The standard InChI is InChI=1S/C20H25BrO4/c1-10(2)24-17-9-15-18(11(3)25-12(4)20(15)21)14-7-13(22-5)8-16(23-6)19(14)17/h7-12,20H,1-6H3/t11-,12-,20+/m0/s1. The van der Waals surface area contributed by atoms with Gasteiger partial charge < -0.3 is 18.9 Å². The second-order valence-corrected chi connectivity index (χ2v) is 7.67. The van der Waals surface area contributed by atoms with Crippen LogP contribution in [-0.2, 0) is 4.74 Å². The van der Waals surface area contributed by atoms with Crippen molar-refractivity contribution in [2.45, 2.75) is 50.8 Å². The molecule has 0 amide bonds. The van der Waals surface area contributed by atoms with E-state index in [1.54, 1.807) is 14.2 Å². The smallest absolute Gasteiger partial charge is 0.134 e. The van der Waals surface area contributed by atoms with Crippen molar-refractivity contribution in [3.63, 3.8) is 0 Å².